The van der Waals surface area contributed by atoms with Gasteiger partial charge in [-0.15, -0.1) is 0 Å². The maximum atomic E-state index is 12.5. The summed E-state index contributed by atoms with van der Waals surface area (Å²) in [4.78, 5) is 12.5. The summed E-state index contributed by atoms with van der Waals surface area (Å²) in [6, 6.07) is 18.5. The van der Waals surface area contributed by atoms with Gasteiger partial charge in [-0.2, -0.15) is 0 Å². The molecular weight excluding hydrogens is 286 g/mol. The van der Waals surface area contributed by atoms with Crippen LogP contribution in [-0.2, 0) is 11.2 Å². The zero-order valence-corrected chi connectivity index (χ0v) is 13.1. The van der Waals surface area contributed by atoms with Crippen LogP contribution in [0.25, 0.3) is 0 Å². The summed E-state index contributed by atoms with van der Waals surface area (Å²) in [7, 11) is 0. The minimum Gasteiger partial charge on any atom is -0.455 e. The highest BCUT2D eigenvalue weighted by molar-refractivity contribution is 5.93. The van der Waals surface area contributed by atoms with Crippen LogP contribution in [0.4, 0.5) is 0 Å². The third-order valence-electron chi connectivity index (χ3n) is 5.22. The monoisotopic (exact) mass is 307 g/mol. The maximum absolute atomic E-state index is 12.5. The lowest BCUT2D eigenvalue weighted by Crippen LogP contribution is -2.52. The van der Waals surface area contributed by atoms with Crippen molar-refractivity contribution in [2.45, 2.75) is 30.8 Å². The van der Waals surface area contributed by atoms with E-state index in [0.717, 1.165) is 43.5 Å². The van der Waals surface area contributed by atoms with Gasteiger partial charge in [0.25, 0.3) is 0 Å². The molecule has 0 radical (unpaired) electrons. The maximum Gasteiger partial charge on any atom is 0.338 e. The van der Waals surface area contributed by atoms with Crippen LogP contribution in [0.2, 0.25) is 0 Å². The topological polar surface area (TPSA) is 38.3 Å². The van der Waals surface area contributed by atoms with Gasteiger partial charge in [-0.05, 0) is 36.7 Å². The lowest BCUT2D eigenvalue weighted by Gasteiger charge is -2.46. The second-order valence-electron chi connectivity index (χ2n) is 6.53. The van der Waals surface area contributed by atoms with E-state index < -0.39 is 0 Å². The standard InChI is InChI=1S/C20H21NO2/c22-19-17-9-5-4-8-16(17)18(14-15-6-2-1-3-7-15)20(23-19)10-12-21-13-11-20/h1-9,18,21H,10-14H2. The average Bonchev–Trinajstić information content (AvgIpc) is 2.60. The Hall–Kier alpha value is -2.13. The summed E-state index contributed by atoms with van der Waals surface area (Å²) in [6.07, 6.45) is 2.67. The van der Waals surface area contributed by atoms with Crippen molar-refractivity contribution in [1.82, 2.24) is 5.32 Å². The molecule has 23 heavy (non-hydrogen) atoms. The van der Waals surface area contributed by atoms with Crippen molar-refractivity contribution in [3.05, 3.63) is 71.3 Å². The van der Waals surface area contributed by atoms with Crippen LogP contribution in [0.5, 0.6) is 0 Å². The van der Waals surface area contributed by atoms with Crippen molar-refractivity contribution in [2.24, 2.45) is 0 Å². The molecule has 1 saturated heterocycles. The fraction of sp³-hybridized carbons (Fsp3) is 0.350. The van der Waals surface area contributed by atoms with Gasteiger partial charge in [-0.3, -0.25) is 0 Å². The van der Waals surface area contributed by atoms with E-state index in [9.17, 15) is 4.79 Å². The highest BCUT2D eigenvalue weighted by atomic mass is 16.6. The van der Waals surface area contributed by atoms with Gasteiger partial charge >= 0.3 is 5.97 Å². The predicted molar refractivity (Wildman–Crippen MR) is 89.6 cm³/mol. The van der Waals surface area contributed by atoms with Gasteiger partial charge in [0, 0.05) is 18.8 Å². The molecule has 3 nitrogen and oxygen atoms in total. The molecule has 1 fully saturated rings. The van der Waals surface area contributed by atoms with Gasteiger partial charge in [-0.1, -0.05) is 48.5 Å². The van der Waals surface area contributed by atoms with Crippen molar-refractivity contribution >= 4 is 5.97 Å². The minimum atomic E-state index is -0.369. The summed E-state index contributed by atoms with van der Waals surface area (Å²) >= 11 is 0. The Kier molecular flexibility index (Phi) is 3.66. The molecule has 1 N–H and O–H groups in total. The van der Waals surface area contributed by atoms with Gasteiger partial charge in [0.1, 0.15) is 5.60 Å². The molecule has 1 unspecified atom stereocenters. The lowest BCUT2D eigenvalue weighted by molar-refractivity contribution is -0.0572. The molecule has 2 aromatic carbocycles. The normalized spacial score (nSPS) is 22.4. The largest absolute Gasteiger partial charge is 0.455 e. The lowest BCUT2D eigenvalue weighted by atomic mass is 9.70. The number of rotatable bonds is 2. The zero-order chi connectivity index (χ0) is 15.7. The van der Waals surface area contributed by atoms with Crippen molar-refractivity contribution in [1.29, 1.82) is 0 Å². The summed E-state index contributed by atoms with van der Waals surface area (Å²) in [6.45, 7) is 1.81. The molecule has 2 aliphatic heterocycles. The van der Waals surface area contributed by atoms with Crippen LogP contribution in [0.3, 0.4) is 0 Å². The quantitative estimate of drug-likeness (QED) is 0.865. The number of fused-ring (bicyclic) bond motifs is 1. The van der Waals surface area contributed by atoms with Crippen molar-refractivity contribution in [3.8, 4) is 0 Å². The third-order valence-corrected chi connectivity index (χ3v) is 5.22. The van der Waals surface area contributed by atoms with E-state index in [2.05, 4.69) is 35.6 Å². The number of piperidine rings is 1. The highest BCUT2D eigenvalue weighted by Gasteiger charge is 2.48. The zero-order valence-electron chi connectivity index (χ0n) is 13.1. The van der Waals surface area contributed by atoms with Crippen LogP contribution < -0.4 is 5.32 Å². The minimum absolute atomic E-state index is 0.160. The Morgan fingerprint density at radius 1 is 1.00 bits per heavy atom. The molecule has 2 aliphatic rings. The molecule has 0 bridgehead atoms. The molecule has 2 aromatic rings. The second-order valence-corrected chi connectivity index (χ2v) is 6.53. The number of carbonyl (C=O) groups excluding carboxylic acids is 1. The molecule has 1 spiro atoms. The first-order chi connectivity index (χ1) is 11.3. The second kappa shape index (κ2) is 5.82. The first-order valence-electron chi connectivity index (χ1n) is 8.35. The number of hydrogen-bond acceptors (Lipinski definition) is 3. The van der Waals surface area contributed by atoms with Crippen LogP contribution >= 0.6 is 0 Å². The Morgan fingerprint density at radius 3 is 2.48 bits per heavy atom. The molecule has 118 valence electrons. The molecule has 1 atom stereocenters. The van der Waals surface area contributed by atoms with E-state index >= 15 is 0 Å². The summed E-state index contributed by atoms with van der Waals surface area (Å²) < 4.78 is 6.05. The average molecular weight is 307 g/mol. The SMILES string of the molecule is O=C1OC2(CCNCC2)C(Cc2ccccc2)c2ccccc21. The molecule has 2 heterocycles. The third kappa shape index (κ3) is 2.55. The number of hydrogen-bond donors (Lipinski definition) is 1. The van der Waals surface area contributed by atoms with Crippen molar-refractivity contribution in [2.75, 3.05) is 13.1 Å². The molecule has 4 rings (SSSR count). The first kappa shape index (κ1) is 14.5. The summed E-state index contributed by atoms with van der Waals surface area (Å²) in [5.41, 5.74) is 2.81. The van der Waals surface area contributed by atoms with E-state index in [1.54, 1.807) is 0 Å². The summed E-state index contributed by atoms with van der Waals surface area (Å²) in [5.74, 6) is 0.0627. The van der Waals surface area contributed by atoms with Gasteiger partial charge in [-0.25, -0.2) is 4.79 Å². The molecule has 0 saturated carbocycles. The Morgan fingerprint density at radius 2 is 1.70 bits per heavy atom. The first-order valence-corrected chi connectivity index (χ1v) is 8.35. The smallest absolute Gasteiger partial charge is 0.338 e. The number of ether oxygens (including phenoxy) is 1. The molecule has 0 aliphatic carbocycles. The fourth-order valence-electron chi connectivity index (χ4n) is 4.03. The predicted octanol–water partition coefficient (Wildman–Crippen LogP) is 3.31. The van der Waals surface area contributed by atoms with E-state index in [1.165, 1.54) is 5.56 Å². The number of benzene rings is 2. The van der Waals surface area contributed by atoms with Gasteiger partial charge < -0.3 is 10.1 Å². The van der Waals surface area contributed by atoms with Gasteiger partial charge in [0.05, 0.1) is 5.56 Å². The Bertz CT molecular complexity index is 705. The molecule has 0 aromatic heterocycles. The van der Waals surface area contributed by atoms with Crippen LogP contribution in [-0.4, -0.2) is 24.7 Å². The van der Waals surface area contributed by atoms with E-state index in [0.29, 0.717) is 0 Å². The summed E-state index contributed by atoms with van der Waals surface area (Å²) in [5, 5.41) is 3.39. The van der Waals surface area contributed by atoms with E-state index in [1.807, 2.05) is 24.3 Å². The Balaban J connectivity index is 1.79. The van der Waals surface area contributed by atoms with Gasteiger partial charge in [0.15, 0.2) is 0 Å². The highest BCUT2D eigenvalue weighted by Crippen LogP contribution is 2.45. The van der Waals surface area contributed by atoms with Crippen LogP contribution in [0, 0.1) is 0 Å². The van der Waals surface area contributed by atoms with E-state index in [4.69, 9.17) is 4.74 Å². The molecular formula is C20H21NO2. The number of esters is 1. The van der Waals surface area contributed by atoms with Crippen LogP contribution in [0.1, 0.15) is 40.2 Å². The van der Waals surface area contributed by atoms with Gasteiger partial charge in [0.2, 0.25) is 0 Å². The van der Waals surface area contributed by atoms with Crippen molar-refractivity contribution < 1.29 is 9.53 Å². The van der Waals surface area contributed by atoms with Crippen LogP contribution in [0.15, 0.2) is 54.6 Å². The number of carbonyl (C=O) groups is 1. The molecule has 0 amide bonds. The number of nitrogens with one attached hydrogen (secondary N) is 1. The van der Waals surface area contributed by atoms with E-state index in [-0.39, 0.29) is 17.5 Å². The fourth-order valence-corrected chi connectivity index (χ4v) is 4.03. The molecule has 3 heteroatoms. The Labute approximate surface area is 136 Å². The van der Waals surface area contributed by atoms with Crippen molar-refractivity contribution in [3.63, 3.8) is 0 Å².